The molecule has 0 atom stereocenters. The van der Waals surface area contributed by atoms with Crippen LogP contribution in [-0.4, -0.2) is 0 Å². The predicted molar refractivity (Wildman–Crippen MR) is 62.4 cm³/mol. The molecule has 0 N–H and O–H groups in total. The van der Waals surface area contributed by atoms with E-state index in [-0.39, 0.29) is 0 Å². The first-order valence-electron chi connectivity index (χ1n) is 6.95. The molecule has 0 aromatic carbocycles. The SMILES string of the molecule is C1CCCCC2CCC(CCC1)CC2. The van der Waals surface area contributed by atoms with Crippen molar-refractivity contribution in [3.63, 3.8) is 0 Å². The first-order valence-corrected chi connectivity index (χ1v) is 6.95. The van der Waals surface area contributed by atoms with Crippen molar-refractivity contribution in [2.75, 3.05) is 0 Å². The van der Waals surface area contributed by atoms with Crippen LogP contribution < -0.4 is 0 Å². The second kappa shape index (κ2) is 5.78. The van der Waals surface area contributed by atoms with Crippen molar-refractivity contribution in [3.8, 4) is 0 Å². The van der Waals surface area contributed by atoms with Gasteiger partial charge in [0.2, 0.25) is 0 Å². The summed E-state index contributed by atoms with van der Waals surface area (Å²) in [4.78, 5) is 0. The maximum atomic E-state index is 1.56. The van der Waals surface area contributed by atoms with E-state index in [0.29, 0.717) is 0 Å². The van der Waals surface area contributed by atoms with Gasteiger partial charge in [0.1, 0.15) is 0 Å². The van der Waals surface area contributed by atoms with E-state index in [9.17, 15) is 0 Å². The van der Waals surface area contributed by atoms with E-state index in [1.54, 1.807) is 38.5 Å². The summed E-state index contributed by atoms with van der Waals surface area (Å²) in [5.74, 6) is 2.23. The van der Waals surface area contributed by atoms with Crippen LogP contribution in [0.15, 0.2) is 0 Å². The molecule has 0 radical (unpaired) electrons. The highest BCUT2D eigenvalue weighted by Gasteiger charge is 2.20. The Balaban J connectivity index is 1.78. The average Bonchev–Trinajstić information content (AvgIpc) is 2.20. The molecule has 0 spiro atoms. The normalized spacial score (nSPS) is 36.0. The lowest BCUT2D eigenvalue weighted by atomic mass is 9.77. The van der Waals surface area contributed by atoms with Gasteiger partial charge < -0.3 is 0 Å². The van der Waals surface area contributed by atoms with Gasteiger partial charge in [-0.3, -0.25) is 0 Å². The molecular weight excluding hydrogens is 168 g/mol. The average molecular weight is 194 g/mol. The topological polar surface area (TPSA) is 0 Å². The molecule has 3 rings (SSSR count). The fourth-order valence-corrected chi connectivity index (χ4v) is 3.38. The maximum absolute atomic E-state index is 1.56. The molecule has 0 unspecified atom stereocenters. The summed E-state index contributed by atoms with van der Waals surface area (Å²) in [6, 6.07) is 0. The van der Waals surface area contributed by atoms with Crippen LogP contribution in [0.5, 0.6) is 0 Å². The zero-order chi connectivity index (χ0) is 9.64. The van der Waals surface area contributed by atoms with Crippen LogP contribution in [0, 0.1) is 11.8 Å². The Labute approximate surface area is 89.5 Å². The van der Waals surface area contributed by atoms with Gasteiger partial charge >= 0.3 is 0 Å². The molecule has 0 heteroatoms. The summed E-state index contributed by atoms with van der Waals surface area (Å²) in [5, 5.41) is 0. The molecule has 14 heavy (non-hydrogen) atoms. The van der Waals surface area contributed by atoms with Gasteiger partial charge in [-0.1, -0.05) is 77.0 Å². The van der Waals surface area contributed by atoms with Crippen LogP contribution in [0.3, 0.4) is 0 Å². The monoisotopic (exact) mass is 194 g/mol. The fraction of sp³-hybridized carbons (Fsp3) is 1.00. The maximum Gasteiger partial charge on any atom is -0.0414 e. The summed E-state index contributed by atoms with van der Waals surface area (Å²) >= 11 is 0. The first kappa shape index (κ1) is 10.5. The molecule has 0 nitrogen and oxygen atoms in total. The van der Waals surface area contributed by atoms with Crippen molar-refractivity contribution in [2.24, 2.45) is 11.8 Å². The van der Waals surface area contributed by atoms with Crippen molar-refractivity contribution < 1.29 is 0 Å². The highest BCUT2D eigenvalue weighted by Crippen LogP contribution is 2.35. The van der Waals surface area contributed by atoms with Crippen molar-refractivity contribution in [2.45, 2.75) is 77.0 Å². The van der Waals surface area contributed by atoms with E-state index < -0.39 is 0 Å². The number of fused-ring (bicyclic) bond motifs is 9. The van der Waals surface area contributed by atoms with Gasteiger partial charge in [-0.05, 0) is 11.8 Å². The van der Waals surface area contributed by atoms with E-state index in [1.807, 2.05) is 0 Å². The van der Waals surface area contributed by atoms with Crippen LogP contribution in [0.1, 0.15) is 77.0 Å². The van der Waals surface area contributed by atoms with Gasteiger partial charge in [-0.25, -0.2) is 0 Å². The molecule has 0 amide bonds. The van der Waals surface area contributed by atoms with Gasteiger partial charge in [-0.15, -0.1) is 0 Å². The number of hydrogen-bond acceptors (Lipinski definition) is 0. The van der Waals surface area contributed by atoms with Crippen LogP contribution >= 0.6 is 0 Å². The minimum absolute atomic E-state index is 1.12. The summed E-state index contributed by atoms with van der Waals surface area (Å²) in [6.45, 7) is 0. The van der Waals surface area contributed by atoms with E-state index in [0.717, 1.165) is 11.8 Å². The molecule has 3 fully saturated rings. The van der Waals surface area contributed by atoms with Crippen molar-refractivity contribution in [1.82, 2.24) is 0 Å². The Hall–Kier alpha value is 0. The zero-order valence-corrected chi connectivity index (χ0v) is 9.64. The quantitative estimate of drug-likeness (QED) is 0.513. The Morgan fingerprint density at radius 2 is 0.714 bits per heavy atom. The van der Waals surface area contributed by atoms with Crippen LogP contribution in [0.2, 0.25) is 0 Å². The highest BCUT2D eigenvalue weighted by atomic mass is 14.3. The number of rotatable bonds is 0. The van der Waals surface area contributed by atoms with E-state index in [4.69, 9.17) is 0 Å². The smallest absolute Gasteiger partial charge is 0.0414 e. The second-order valence-electron chi connectivity index (χ2n) is 5.59. The molecular formula is C14H26. The molecule has 3 saturated carbocycles. The molecule has 2 bridgehead atoms. The third-order valence-corrected chi connectivity index (χ3v) is 4.44. The first-order chi connectivity index (χ1) is 6.95. The number of hydrogen-bond donors (Lipinski definition) is 0. The van der Waals surface area contributed by atoms with Crippen molar-refractivity contribution in [1.29, 1.82) is 0 Å². The Bertz CT molecular complexity index is 119. The molecule has 82 valence electrons. The molecule has 0 aliphatic heterocycles. The Kier molecular flexibility index (Phi) is 4.34. The Morgan fingerprint density at radius 1 is 0.357 bits per heavy atom. The van der Waals surface area contributed by atoms with Crippen LogP contribution in [0.25, 0.3) is 0 Å². The third kappa shape index (κ3) is 3.29. The van der Waals surface area contributed by atoms with Gasteiger partial charge in [0.15, 0.2) is 0 Å². The Morgan fingerprint density at radius 3 is 1.14 bits per heavy atom. The van der Waals surface area contributed by atoms with Gasteiger partial charge in [0, 0.05) is 0 Å². The standard InChI is InChI=1S/C14H26/c1-2-4-6-8-14-11-9-13(10-12-14)7-5-3-1/h13-14H,1-12H2. The van der Waals surface area contributed by atoms with Crippen molar-refractivity contribution in [3.05, 3.63) is 0 Å². The van der Waals surface area contributed by atoms with Crippen LogP contribution in [-0.2, 0) is 0 Å². The molecule has 3 aliphatic carbocycles. The van der Waals surface area contributed by atoms with Crippen molar-refractivity contribution >= 4 is 0 Å². The predicted octanol–water partition coefficient (Wildman–Crippen LogP) is 4.93. The van der Waals surface area contributed by atoms with Gasteiger partial charge in [0.05, 0.1) is 0 Å². The summed E-state index contributed by atoms with van der Waals surface area (Å²) in [6.07, 6.45) is 18.4. The lowest BCUT2D eigenvalue weighted by Gasteiger charge is -2.29. The second-order valence-corrected chi connectivity index (χ2v) is 5.59. The van der Waals surface area contributed by atoms with E-state index >= 15 is 0 Å². The molecule has 0 heterocycles. The minimum Gasteiger partial charge on any atom is -0.0533 e. The minimum atomic E-state index is 1.12. The summed E-state index contributed by atoms with van der Waals surface area (Å²) in [7, 11) is 0. The fourth-order valence-electron chi connectivity index (χ4n) is 3.38. The van der Waals surface area contributed by atoms with E-state index in [1.165, 1.54) is 38.5 Å². The summed E-state index contributed by atoms with van der Waals surface area (Å²) < 4.78 is 0. The summed E-state index contributed by atoms with van der Waals surface area (Å²) in [5.41, 5.74) is 0. The van der Waals surface area contributed by atoms with Gasteiger partial charge in [0.25, 0.3) is 0 Å². The molecule has 0 saturated heterocycles. The van der Waals surface area contributed by atoms with E-state index in [2.05, 4.69) is 0 Å². The molecule has 0 aromatic heterocycles. The molecule has 0 aromatic rings. The molecule has 3 aliphatic rings. The largest absolute Gasteiger partial charge is 0.0533 e. The lowest BCUT2D eigenvalue weighted by Crippen LogP contribution is -2.15. The lowest BCUT2D eigenvalue weighted by molar-refractivity contribution is 0.240. The third-order valence-electron chi connectivity index (χ3n) is 4.44. The highest BCUT2D eigenvalue weighted by molar-refractivity contribution is 4.73. The zero-order valence-electron chi connectivity index (χ0n) is 9.64. The van der Waals surface area contributed by atoms with Crippen LogP contribution in [0.4, 0.5) is 0 Å². The van der Waals surface area contributed by atoms with Gasteiger partial charge in [-0.2, -0.15) is 0 Å².